The Bertz CT molecular complexity index is 4710. The van der Waals surface area contributed by atoms with Crippen LogP contribution in [0.4, 0.5) is 18.9 Å². The maximum absolute atomic E-state index is 15.4. The monoisotopic (exact) mass is 1090 g/mol. The van der Waals surface area contributed by atoms with Gasteiger partial charge in [0.2, 0.25) is 0 Å². The van der Waals surface area contributed by atoms with Crippen LogP contribution in [0.15, 0.2) is 200 Å². The summed E-state index contributed by atoms with van der Waals surface area (Å²) in [6.07, 6.45) is -4.78. The molecule has 2 heterocycles. The van der Waals surface area contributed by atoms with E-state index in [-0.39, 0.29) is 11.1 Å². The normalized spacial score (nSPS) is 11.7. The molecule has 13 aromatic rings. The fourth-order valence-electron chi connectivity index (χ4n) is 13.1. The third-order valence-electron chi connectivity index (χ3n) is 16.4. The third-order valence-corrected chi connectivity index (χ3v) is 16.4. The molecule has 0 saturated carbocycles. The Morgan fingerprint density at radius 2 is 0.679 bits per heavy atom. The predicted molar refractivity (Wildman–Crippen MR) is 342 cm³/mol. The molecule has 0 unspecified atom stereocenters. The Morgan fingerprint density at radius 3 is 1.01 bits per heavy atom. The number of halogens is 3. The summed E-state index contributed by atoms with van der Waals surface area (Å²) < 4.78 is 50.6. The standard InChI is InChI=1S/C77H57F3N4/c1-44-24-45(2)29-58(28-44)53-11-18-71-64(37-53)65-38-54(59-30-46(3)25-47(4)31-59)12-19-72(65)83(71)75-22-15-57(63-17-10-52(43-81)36-70(63)77(78,79)80)41-68(75)69-42-62(82-9)16-23-76(69)84-73-20-13-55(60-32-48(5)26-49(6)33-60)39-66(73)67-40-56(14-21-74(67)84)61-34-50(7)27-51(8)35-61/h10-42H,1-8H3. The largest absolute Gasteiger partial charge is 0.417 e. The first-order valence-electron chi connectivity index (χ1n) is 28.2. The van der Waals surface area contributed by atoms with E-state index in [1.54, 1.807) is 6.07 Å². The summed E-state index contributed by atoms with van der Waals surface area (Å²) in [5.74, 6) is 0. The summed E-state index contributed by atoms with van der Waals surface area (Å²) >= 11 is 0. The lowest BCUT2D eigenvalue weighted by Gasteiger charge is -2.21. The van der Waals surface area contributed by atoms with E-state index >= 15 is 13.2 Å². The lowest BCUT2D eigenvalue weighted by atomic mass is 9.92. The van der Waals surface area contributed by atoms with Crippen molar-refractivity contribution in [1.82, 2.24) is 9.13 Å². The van der Waals surface area contributed by atoms with Crippen molar-refractivity contribution in [3.63, 3.8) is 0 Å². The van der Waals surface area contributed by atoms with Crippen LogP contribution >= 0.6 is 0 Å². The van der Waals surface area contributed by atoms with E-state index in [9.17, 15) is 5.26 Å². The Labute approximate surface area is 487 Å². The summed E-state index contributed by atoms with van der Waals surface area (Å²) in [4.78, 5) is 4.02. The number of fused-ring (bicyclic) bond motifs is 6. The molecule has 11 aromatic carbocycles. The zero-order valence-corrected chi connectivity index (χ0v) is 48.0. The molecule has 0 aliphatic carbocycles. The molecule has 0 aliphatic rings. The van der Waals surface area contributed by atoms with E-state index in [0.29, 0.717) is 28.1 Å². The number of rotatable bonds is 8. The molecule has 0 amide bonds. The van der Waals surface area contributed by atoms with Crippen LogP contribution in [0.5, 0.6) is 0 Å². The van der Waals surface area contributed by atoms with E-state index < -0.39 is 11.7 Å². The highest BCUT2D eigenvalue weighted by Gasteiger charge is 2.35. The minimum Gasteiger partial charge on any atom is -0.309 e. The predicted octanol–water partition coefficient (Wildman–Crippen LogP) is 21.8. The van der Waals surface area contributed by atoms with Crippen molar-refractivity contribution in [2.75, 3.05) is 0 Å². The van der Waals surface area contributed by atoms with Gasteiger partial charge in [0, 0.05) is 27.1 Å². The van der Waals surface area contributed by atoms with Gasteiger partial charge in [0.25, 0.3) is 0 Å². The first kappa shape index (κ1) is 53.1. The smallest absolute Gasteiger partial charge is 0.309 e. The number of nitriles is 1. The van der Waals surface area contributed by atoms with Gasteiger partial charge in [-0.1, -0.05) is 160 Å². The van der Waals surface area contributed by atoms with E-state index in [1.165, 1.54) is 34.4 Å². The molecule has 0 bridgehead atoms. The van der Waals surface area contributed by atoms with Crippen molar-refractivity contribution in [1.29, 1.82) is 5.26 Å². The van der Waals surface area contributed by atoms with Gasteiger partial charge in [0.1, 0.15) is 0 Å². The van der Waals surface area contributed by atoms with Gasteiger partial charge < -0.3 is 9.13 Å². The topological polar surface area (TPSA) is 38.0 Å². The second kappa shape index (κ2) is 20.3. The Hall–Kier alpha value is -10.2. The van der Waals surface area contributed by atoms with Gasteiger partial charge in [-0.15, -0.1) is 0 Å². The summed E-state index contributed by atoms with van der Waals surface area (Å²) in [7, 11) is 0. The molecule has 0 atom stereocenters. The molecule has 4 nitrogen and oxygen atoms in total. The van der Waals surface area contributed by atoms with E-state index in [2.05, 4.69) is 215 Å². The van der Waals surface area contributed by atoms with Crippen molar-refractivity contribution >= 4 is 49.3 Å². The second-order valence-corrected chi connectivity index (χ2v) is 23.0. The molecule has 0 radical (unpaired) electrons. The number of nitrogens with zero attached hydrogens (tertiary/aromatic N) is 4. The number of alkyl halides is 3. The summed E-state index contributed by atoms with van der Waals surface area (Å²) in [6, 6.07) is 69.6. The lowest BCUT2D eigenvalue weighted by Crippen LogP contribution is -2.08. The Kier molecular flexibility index (Phi) is 12.9. The molecule has 406 valence electrons. The highest BCUT2D eigenvalue weighted by atomic mass is 19.4. The molecule has 0 spiro atoms. The van der Waals surface area contributed by atoms with Crippen LogP contribution in [0, 0.1) is 73.3 Å². The molecule has 84 heavy (non-hydrogen) atoms. The highest BCUT2D eigenvalue weighted by molar-refractivity contribution is 6.14. The minimum absolute atomic E-state index is 0.0646. The molecular weight excluding hydrogens is 1040 g/mol. The van der Waals surface area contributed by atoms with Gasteiger partial charge in [-0.05, 0) is 202 Å². The maximum atomic E-state index is 15.4. The van der Waals surface area contributed by atoms with Crippen LogP contribution in [0.25, 0.3) is 127 Å². The number of aryl methyl sites for hydroxylation is 8. The lowest BCUT2D eigenvalue weighted by molar-refractivity contribution is -0.137. The van der Waals surface area contributed by atoms with Gasteiger partial charge in [-0.3, -0.25) is 0 Å². The molecule has 0 aliphatic heterocycles. The highest BCUT2D eigenvalue weighted by Crippen LogP contribution is 2.47. The molecule has 7 heteroatoms. The van der Waals surface area contributed by atoms with Crippen molar-refractivity contribution in [3.8, 4) is 84.2 Å². The first-order chi connectivity index (χ1) is 40.4. The number of benzene rings is 11. The fraction of sp³-hybridized carbons (Fsp3) is 0.117. The number of hydrogen-bond donors (Lipinski definition) is 0. The van der Waals surface area contributed by atoms with Crippen LogP contribution in [0.2, 0.25) is 0 Å². The van der Waals surface area contributed by atoms with Crippen LogP contribution in [-0.2, 0) is 6.18 Å². The molecular formula is C77H57F3N4. The Balaban J connectivity index is 1.14. The average Bonchev–Trinajstić information content (AvgIpc) is 1.76. The molecule has 2 aromatic heterocycles. The SMILES string of the molecule is [C-]#[N+]c1ccc(-n2c3ccc(-c4cc(C)cc(C)c4)cc3c3cc(-c4cc(C)cc(C)c4)ccc32)c(-c2cc(-c3ccc(C#N)cc3C(F)(F)F)ccc2-n2c3ccc(-c4cc(C)cc(C)c4)cc3c3cc(-c4cc(C)cc(C)c4)ccc32)c1. The van der Waals surface area contributed by atoms with Crippen molar-refractivity contribution in [2.45, 2.75) is 61.6 Å². The second-order valence-electron chi connectivity index (χ2n) is 23.0. The van der Waals surface area contributed by atoms with Crippen LogP contribution in [0.3, 0.4) is 0 Å². The quantitative estimate of drug-likeness (QED) is 0.140. The van der Waals surface area contributed by atoms with Crippen LogP contribution in [-0.4, -0.2) is 9.13 Å². The third kappa shape index (κ3) is 9.48. The number of hydrogen-bond acceptors (Lipinski definition) is 1. The molecule has 0 fully saturated rings. The van der Waals surface area contributed by atoms with Crippen LogP contribution < -0.4 is 0 Å². The van der Waals surface area contributed by atoms with E-state index in [0.717, 1.165) is 122 Å². The summed E-state index contributed by atoms with van der Waals surface area (Å²) in [5, 5.41) is 13.9. The summed E-state index contributed by atoms with van der Waals surface area (Å²) in [5.41, 5.74) is 23.9. The molecule has 0 saturated heterocycles. The van der Waals surface area contributed by atoms with E-state index in [4.69, 9.17) is 6.57 Å². The van der Waals surface area contributed by atoms with Crippen molar-refractivity contribution in [2.24, 2.45) is 0 Å². The van der Waals surface area contributed by atoms with E-state index in [1.807, 2.05) is 36.4 Å². The zero-order chi connectivity index (χ0) is 58.5. The average molecular weight is 1100 g/mol. The van der Waals surface area contributed by atoms with Crippen LogP contribution in [0.1, 0.15) is 55.6 Å². The van der Waals surface area contributed by atoms with Gasteiger partial charge >= 0.3 is 6.18 Å². The van der Waals surface area contributed by atoms with Crippen molar-refractivity contribution < 1.29 is 13.2 Å². The fourth-order valence-corrected chi connectivity index (χ4v) is 13.1. The van der Waals surface area contributed by atoms with Gasteiger partial charge in [-0.25, -0.2) is 4.85 Å². The Morgan fingerprint density at radius 1 is 0.345 bits per heavy atom. The zero-order valence-electron chi connectivity index (χ0n) is 48.0. The number of aromatic nitrogens is 2. The first-order valence-corrected chi connectivity index (χ1v) is 28.2. The summed E-state index contributed by atoms with van der Waals surface area (Å²) in [6.45, 7) is 25.4. The molecule has 0 N–H and O–H groups in total. The van der Waals surface area contributed by atoms with Gasteiger partial charge in [0.05, 0.1) is 57.2 Å². The molecule has 13 rings (SSSR count). The maximum Gasteiger partial charge on any atom is 0.417 e. The minimum atomic E-state index is -4.78. The van der Waals surface area contributed by atoms with Gasteiger partial charge in [-0.2, -0.15) is 18.4 Å². The van der Waals surface area contributed by atoms with Gasteiger partial charge in [0.15, 0.2) is 5.69 Å². The van der Waals surface area contributed by atoms with Crippen molar-refractivity contribution in [3.05, 3.63) is 267 Å².